The summed E-state index contributed by atoms with van der Waals surface area (Å²) in [7, 11) is -24.6. The number of carbonyl (C=O) groups excluding carboxylic acids is 10. The van der Waals surface area contributed by atoms with E-state index in [1.807, 2.05) is 0 Å². The zero-order chi connectivity index (χ0) is 74.4. The smallest absolute Gasteiger partial charge is 0.747 e. The number of amides is 10. The molecule has 12 unspecified atom stereocenters. The van der Waals surface area contributed by atoms with Crippen molar-refractivity contribution in [3.8, 4) is 0 Å². The third-order valence-electron chi connectivity index (χ3n) is 13.5. The van der Waals surface area contributed by atoms with E-state index in [0.717, 1.165) is 13.8 Å². The second kappa shape index (κ2) is 53.7. The molecule has 0 aromatic heterocycles. The van der Waals surface area contributed by atoms with Gasteiger partial charge in [0.15, 0.2) is 0 Å². The Labute approximate surface area is 703 Å². The predicted molar refractivity (Wildman–Crippen MR) is 331 cm³/mol. The molecular formula is C49H89N16Na5O27S5. The molecule has 1 heterocycles. The molecule has 1 fully saturated rings. The zero-order valence-electron chi connectivity index (χ0n) is 58.7. The van der Waals surface area contributed by atoms with Crippen LogP contribution in [0.15, 0.2) is 0 Å². The number of hydrogen-bond acceptors (Lipinski definition) is 33. The summed E-state index contributed by atoms with van der Waals surface area (Å²) in [6.45, 7) is 4.99. The summed E-state index contributed by atoms with van der Waals surface area (Å²) in [4.78, 5) is 142. The topological polar surface area (TPSA) is 704 Å². The van der Waals surface area contributed by atoms with E-state index in [1.165, 1.54) is 0 Å². The SMILES string of the molecule is CC(C)CC1NC(=O)C(CCNCS(=O)(=O)[O-])NC(=O)C(NC(=O)C(CCNCS(=O)(=O)[O-])NC(=O)C(NC(=O)C(N)CCNCS(=O)(=O)[O-])C(C)O)CCNC(=O)C(C(C)O)NC(=O)C(CCNCS(=O)(=O)[O-])NC(=O)C(CCNCS(=O)(=O)[O-])NC(=O)C(CC(C)C)NC1=O.[Na+].[Na+].[Na+].[Na+].[Na+]. The number of aliphatic hydroxyl groups excluding tert-OH is 2. The molecule has 0 aromatic rings. The Bertz CT molecular complexity index is 3270. The molecular weight excluding hydrogens is 1520 g/mol. The first-order chi connectivity index (χ1) is 44.6. The molecule has 1 aliphatic heterocycles. The van der Waals surface area contributed by atoms with Gasteiger partial charge in [0.1, 0.15) is 105 Å². The molecule has 1 saturated heterocycles. The normalized spacial score (nSPS) is 21.1. The van der Waals surface area contributed by atoms with Crippen LogP contribution in [0.3, 0.4) is 0 Å². The Hall–Kier alpha value is -1.07. The van der Waals surface area contributed by atoms with Gasteiger partial charge >= 0.3 is 148 Å². The molecule has 12 atom stereocenters. The third kappa shape index (κ3) is 50.6. The summed E-state index contributed by atoms with van der Waals surface area (Å²) in [5, 5.41) is 55.7. The molecule has 0 aromatic carbocycles. The van der Waals surface area contributed by atoms with E-state index in [9.17, 15) is 123 Å². The second-order valence-corrected chi connectivity index (χ2v) is 30.3. The van der Waals surface area contributed by atoms with Crippen molar-refractivity contribution in [2.45, 2.75) is 166 Å². The number of nitrogens with one attached hydrogen (secondary N) is 15. The summed E-state index contributed by atoms with van der Waals surface area (Å²) >= 11 is 0. The molecule has 1 rings (SSSR count). The van der Waals surface area contributed by atoms with Gasteiger partial charge in [-0.3, -0.25) is 47.9 Å². The van der Waals surface area contributed by atoms with Crippen LogP contribution >= 0.6 is 0 Å². The van der Waals surface area contributed by atoms with Crippen molar-refractivity contribution in [3.05, 3.63) is 0 Å². The van der Waals surface area contributed by atoms with Crippen LogP contribution in [0, 0.1) is 11.8 Å². The minimum atomic E-state index is -4.99. The van der Waals surface area contributed by atoms with Crippen LogP contribution in [0.5, 0.6) is 0 Å². The largest absolute Gasteiger partial charge is 1.00 e. The third-order valence-corrected chi connectivity index (χ3v) is 16.3. The van der Waals surface area contributed by atoms with Crippen molar-refractivity contribution in [2.24, 2.45) is 17.6 Å². The van der Waals surface area contributed by atoms with E-state index in [1.54, 1.807) is 27.7 Å². The van der Waals surface area contributed by atoms with Crippen molar-refractivity contribution < 1.29 is 271 Å². The standard InChI is InChI=1S/C49H94N16O27S5.5Na/c1-26(2)19-36-46(74)60-31(8-14-52-22-94(81,82)83)41(69)58-34(11-17-55-25-97(90,91)92)45(73)65-38(28(5)66)48(76)56-18-12-35(43(71)57-32(9-15-53-23-95(84,85)86)44(72)62-37(20-27(3)4)47(75)63-36)59-42(70)33(10-16-54-24-96(87,88)89)61-49(77)39(29(6)67)64-40(68)30(50)7-13-51-21-93(78,79)80;;;;;/h26-39,51-55,66-67H,7-25,50H2,1-6H3,(H,56,76)(H,57,71)(H,58,69)(H,59,70)(H,60,74)(H,61,77)(H,62,72)(H,63,75)(H,64,68)(H,65,73)(H,78,79,80)(H,81,82,83)(H,84,85,86)(H,87,88,89)(H,90,91,92);;;;;/q;5*+1/p-5. The van der Waals surface area contributed by atoms with Gasteiger partial charge in [-0.25, -0.2) is 42.1 Å². The molecule has 562 valence electrons. The fraction of sp³-hybridized carbons (Fsp3) is 0.796. The number of rotatable bonds is 37. The number of nitrogens with two attached hydrogens (primary N) is 1. The van der Waals surface area contributed by atoms with E-state index in [2.05, 4.69) is 79.8 Å². The van der Waals surface area contributed by atoms with Crippen LogP contribution < -0.4 is 233 Å². The molecule has 19 N–H and O–H groups in total. The molecule has 10 amide bonds. The van der Waals surface area contributed by atoms with Gasteiger partial charge in [0, 0.05) is 6.54 Å². The van der Waals surface area contributed by atoms with Crippen LogP contribution in [-0.2, 0) is 98.5 Å². The maximum absolute atomic E-state index is 14.7. The first-order valence-corrected chi connectivity index (χ1v) is 37.8. The Balaban J connectivity index is -0.00000627. The molecule has 53 heteroatoms. The van der Waals surface area contributed by atoms with Gasteiger partial charge < -0.3 is 118 Å². The van der Waals surface area contributed by atoms with Crippen molar-refractivity contribution in [1.29, 1.82) is 0 Å². The van der Waals surface area contributed by atoms with E-state index < -0.39 is 288 Å². The van der Waals surface area contributed by atoms with Crippen molar-refractivity contribution >= 4 is 110 Å². The summed E-state index contributed by atoms with van der Waals surface area (Å²) in [6, 6.07) is -18.5. The molecule has 0 radical (unpaired) electrons. The molecule has 43 nitrogen and oxygen atoms in total. The molecule has 0 aliphatic carbocycles. The maximum Gasteiger partial charge on any atom is 1.00 e. The van der Waals surface area contributed by atoms with Crippen LogP contribution in [0.25, 0.3) is 0 Å². The number of carbonyl (C=O) groups is 10. The molecule has 0 saturated carbocycles. The number of aliphatic hydroxyl groups is 2. The van der Waals surface area contributed by atoms with E-state index >= 15 is 0 Å². The maximum atomic E-state index is 14.7. The van der Waals surface area contributed by atoms with Gasteiger partial charge in [-0.15, -0.1) is 0 Å². The zero-order valence-corrected chi connectivity index (χ0v) is 72.8. The quantitative estimate of drug-likeness (QED) is 0.0156. The average molecular weight is 1610 g/mol. The molecule has 102 heavy (non-hydrogen) atoms. The van der Waals surface area contributed by atoms with E-state index in [4.69, 9.17) is 5.73 Å². The van der Waals surface area contributed by atoms with Crippen molar-refractivity contribution in [2.75, 3.05) is 68.7 Å². The first-order valence-electron chi connectivity index (χ1n) is 29.9. The van der Waals surface area contributed by atoms with Crippen molar-refractivity contribution in [3.63, 3.8) is 0 Å². The Kier molecular flexibility index (Phi) is 57.7. The van der Waals surface area contributed by atoms with Crippen LogP contribution in [0.2, 0.25) is 0 Å². The molecule has 0 spiro atoms. The van der Waals surface area contributed by atoms with E-state index in [0.29, 0.717) is 0 Å². The van der Waals surface area contributed by atoms with E-state index in [-0.39, 0.29) is 174 Å². The fourth-order valence-corrected chi connectivity index (χ4v) is 10.8. The minimum Gasteiger partial charge on any atom is -0.747 e. The average Bonchev–Trinajstić information content (AvgIpc) is 0.918. The Morgan fingerprint density at radius 2 is 0.775 bits per heavy atom. The van der Waals surface area contributed by atoms with Crippen molar-refractivity contribution in [1.82, 2.24) is 79.8 Å². The minimum absolute atomic E-state index is 0. The van der Waals surface area contributed by atoms with Gasteiger partial charge in [-0.1, -0.05) is 27.7 Å². The summed E-state index contributed by atoms with van der Waals surface area (Å²) in [5.74, 6) is -19.4. The van der Waals surface area contributed by atoms with Gasteiger partial charge in [0.2, 0.25) is 59.1 Å². The monoisotopic (exact) mass is 1610 g/mol. The van der Waals surface area contributed by atoms with Crippen LogP contribution in [0.4, 0.5) is 0 Å². The molecule has 0 bridgehead atoms. The van der Waals surface area contributed by atoms with Gasteiger partial charge in [0.05, 0.1) is 47.6 Å². The fourth-order valence-electron chi connectivity index (χ4n) is 8.78. The van der Waals surface area contributed by atoms with Crippen LogP contribution in [0.1, 0.15) is 92.9 Å². The van der Waals surface area contributed by atoms with Gasteiger partial charge in [0.25, 0.3) is 0 Å². The molecule has 1 aliphatic rings. The summed E-state index contributed by atoms with van der Waals surface area (Å²) in [6.07, 6.45) is -7.88. The van der Waals surface area contributed by atoms with Crippen LogP contribution in [-0.4, -0.2) is 275 Å². The Morgan fingerprint density at radius 1 is 0.451 bits per heavy atom. The van der Waals surface area contributed by atoms with Gasteiger partial charge in [-0.05, 0) is 110 Å². The van der Waals surface area contributed by atoms with Gasteiger partial charge in [-0.2, -0.15) is 0 Å². The summed E-state index contributed by atoms with van der Waals surface area (Å²) < 4.78 is 171. The number of hydrogen-bond donors (Lipinski definition) is 18. The Morgan fingerprint density at radius 3 is 1.12 bits per heavy atom. The predicted octanol–water partition coefficient (Wildman–Crippen LogP) is -27.5. The first kappa shape index (κ1) is 110. The summed E-state index contributed by atoms with van der Waals surface area (Å²) in [5.41, 5.74) is 5.88. The second-order valence-electron chi connectivity index (χ2n) is 23.3.